The Bertz CT molecular complexity index is 951. The molecule has 142 valence electrons. The van der Waals surface area contributed by atoms with Crippen LogP contribution in [0.25, 0.3) is 0 Å². The van der Waals surface area contributed by atoms with Gasteiger partial charge in [0.15, 0.2) is 0 Å². The first-order valence-electron chi connectivity index (χ1n) is 8.50. The molecule has 3 rings (SSSR count). The van der Waals surface area contributed by atoms with E-state index in [1.807, 2.05) is 0 Å². The van der Waals surface area contributed by atoms with Gasteiger partial charge in [0.1, 0.15) is 5.56 Å². The molecule has 1 heterocycles. The average molecular weight is 389 g/mol. The molecule has 1 saturated heterocycles. The molecule has 9 heteroatoms. The maximum atomic E-state index is 12.5. The third-order valence-electron chi connectivity index (χ3n) is 4.42. The molecular formula is C18H19N3O5S. The summed E-state index contributed by atoms with van der Waals surface area (Å²) in [5.41, 5.74) is 0.417. The van der Waals surface area contributed by atoms with Gasteiger partial charge in [-0.2, -0.15) is 4.31 Å². The minimum Gasteiger partial charge on any atom is -0.348 e. The number of amides is 1. The Kier molecular flexibility index (Phi) is 5.52. The highest BCUT2D eigenvalue weighted by molar-refractivity contribution is 7.89. The number of nitro groups is 1. The van der Waals surface area contributed by atoms with Gasteiger partial charge in [-0.05, 0) is 36.6 Å². The quantitative estimate of drug-likeness (QED) is 0.602. The number of rotatable bonds is 6. The van der Waals surface area contributed by atoms with E-state index in [1.165, 1.54) is 34.6 Å². The van der Waals surface area contributed by atoms with Crippen molar-refractivity contribution in [1.82, 2.24) is 9.62 Å². The number of nitrogens with zero attached hydrogens (tertiary/aromatic N) is 2. The van der Waals surface area contributed by atoms with Gasteiger partial charge in [0.05, 0.1) is 9.82 Å². The number of hydrogen-bond donors (Lipinski definition) is 1. The lowest BCUT2D eigenvalue weighted by molar-refractivity contribution is -0.385. The second kappa shape index (κ2) is 7.85. The first-order chi connectivity index (χ1) is 12.9. The van der Waals surface area contributed by atoms with Crippen LogP contribution in [0, 0.1) is 10.1 Å². The number of sulfonamides is 1. The maximum Gasteiger partial charge on any atom is 0.282 e. The summed E-state index contributed by atoms with van der Waals surface area (Å²) in [6.45, 7) is 1.21. The van der Waals surface area contributed by atoms with Crippen molar-refractivity contribution in [3.8, 4) is 0 Å². The maximum absolute atomic E-state index is 12.5. The summed E-state index contributed by atoms with van der Waals surface area (Å²) >= 11 is 0. The van der Waals surface area contributed by atoms with Crippen molar-refractivity contribution in [2.45, 2.75) is 24.3 Å². The molecule has 0 aromatic heterocycles. The number of nitro benzene ring substituents is 1. The predicted octanol–water partition coefficient (Wildman–Crippen LogP) is 2.31. The minimum atomic E-state index is -3.47. The van der Waals surface area contributed by atoms with Crippen molar-refractivity contribution in [1.29, 1.82) is 0 Å². The number of nitrogens with one attached hydrogen (secondary N) is 1. The van der Waals surface area contributed by atoms with Gasteiger partial charge in [-0.3, -0.25) is 14.9 Å². The van der Waals surface area contributed by atoms with Crippen LogP contribution in [0.1, 0.15) is 28.8 Å². The Morgan fingerprint density at radius 2 is 1.70 bits per heavy atom. The molecule has 0 unspecified atom stereocenters. The van der Waals surface area contributed by atoms with Crippen LogP contribution in [-0.2, 0) is 16.6 Å². The fourth-order valence-corrected chi connectivity index (χ4v) is 4.48. The average Bonchev–Trinajstić information content (AvgIpc) is 3.22. The van der Waals surface area contributed by atoms with E-state index in [0.717, 1.165) is 12.8 Å². The Morgan fingerprint density at radius 3 is 2.33 bits per heavy atom. The van der Waals surface area contributed by atoms with Gasteiger partial charge in [-0.1, -0.05) is 24.3 Å². The van der Waals surface area contributed by atoms with Crippen LogP contribution in [-0.4, -0.2) is 36.6 Å². The van der Waals surface area contributed by atoms with Crippen LogP contribution in [0.2, 0.25) is 0 Å². The van der Waals surface area contributed by atoms with Gasteiger partial charge < -0.3 is 5.32 Å². The first kappa shape index (κ1) is 19.0. The third kappa shape index (κ3) is 4.15. The molecule has 2 aromatic rings. The second-order valence-electron chi connectivity index (χ2n) is 6.21. The van der Waals surface area contributed by atoms with Crippen LogP contribution < -0.4 is 5.32 Å². The molecular weight excluding hydrogens is 370 g/mol. The zero-order valence-electron chi connectivity index (χ0n) is 14.5. The van der Waals surface area contributed by atoms with Crippen LogP contribution in [0.15, 0.2) is 53.4 Å². The second-order valence-corrected chi connectivity index (χ2v) is 8.15. The highest BCUT2D eigenvalue weighted by atomic mass is 32.2. The molecule has 0 atom stereocenters. The smallest absolute Gasteiger partial charge is 0.282 e. The fraction of sp³-hybridized carbons (Fsp3) is 0.278. The standard InChI is InChI=1S/C18H19N3O5S/c22-18(16-5-1-2-6-17(16)21(23)24)19-13-14-7-9-15(10-8-14)27(25,26)20-11-3-4-12-20/h1-2,5-10H,3-4,11-13H2,(H,19,22). The van der Waals surface area contributed by atoms with E-state index in [4.69, 9.17) is 0 Å². The van der Waals surface area contributed by atoms with E-state index < -0.39 is 20.9 Å². The van der Waals surface area contributed by atoms with Crippen LogP contribution in [0.5, 0.6) is 0 Å². The molecule has 1 amide bonds. The Hall–Kier alpha value is -2.78. The fourth-order valence-electron chi connectivity index (χ4n) is 2.96. The van der Waals surface area contributed by atoms with Crippen molar-refractivity contribution >= 4 is 21.6 Å². The Labute approximate surface area is 157 Å². The zero-order valence-corrected chi connectivity index (χ0v) is 15.3. The van der Waals surface area contributed by atoms with Gasteiger partial charge in [0.25, 0.3) is 11.6 Å². The molecule has 0 aliphatic carbocycles. The molecule has 0 saturated carbocycles. The molecule has 1 aliphatic rings. The van der Waals surface area contributed by atoms with Gasteiger partial charge in [-0.25, -0.2) is 8.42 Å². The predicted molar refractivity (Wildman–Crippen MR) is 98.7 cm³/mol. The van der Waals surface area contributed by atoms with E-state index in [2.05, 4.69) is 5.32 Å². The van der Waals surface area contributed by atoms with Gasteiger partial charge in [-0.15, -0.1) is 0 Å². The number of para-hydroxylation sites is 1. The van der Waals surface area contributed by atoms with Crippen LogP contribution in [0.4, 0.5) is 5.69 Å². The van der Waals surface area contributed by atoms with Crippen molar-refractivity contribution < 1.29 is 18.1 Å². The minimum absolute atomic E-state index is 0.0178. The van der Waals surface area contributed by atoms with E-state index >= 15 is 0 Å². The molecule has 0 bridgehead atoms. The van der Waals surface area contributed by atoms with Crippen molar-refractivity contribution in [2.75, 3.05) is 13.1 Å². The SMILES string of the molecule is O=C(NCc1ccc(S(=O)(=O)N2CCCC2)cc1)c1ccccc1[N+](=O)[O-]. The van der Waals surface area contributed by atoms with Crippen molar-refractivity contribution in [3.05, 3.63) is 69.8 Å². The summed E-state index contributed by atoms with van der Waals surface area (Å²) in [4.78, 5) is 22.8. The Balaban J connectivity index is 1.67. The normalized spacial score (nSPS) is 14.8. The van der Waals surface area contributed by atoms with Crippen LogP contribution in [0.3, 0.4) is 0 Å². The zero-order chi connectivity index (χ0) is 19.4. The molecule has 1 aliphatic heterocycles. The van der Waals surface area contributed by atoms with Gasteiger partial charge in [0.2, 0.25) is 10.0 Å². The Morgan fingerprint density at radius 1 is 1.07 bits per heavy atom. The van der Waals surface area contributed by atoms with Crippen LogP contribution >= 0.6 is 0 Å². The molecule has 0 radical (unpaired) electrons. The summed E-state index contributed by atoms with van der Waals surface area (Å²) < 4.78 is 26.5. The lowest BCUT2D eigenvalue weighted by Gasteiger charge is -2.15. The van der Waals surface area contributed by atoms with Crippen molar-refractivity contribution in [2.24, 2.45) is 0 Å². The lowest BCUT2D eigenvalue weighted by atomic mass is 10.1. The van der Waals surface area contributed by atoms with Gasteiger partial charge in [0, 0.05) is 25.7 Å². The van der Waals surface area contributed by atoms with E-state index in [-0.39, 0.29) is 22.7 Å². The molecule has 8 nitrogen and oxygen atoms in total. The molecule has 0 spiro atoms. The molecule has 2 aromatic carbocycles. The number of carbonyl (C=O) groups excluding carboxylic acids is 1. The molecule has 1 fully saturated rings. The summed E-state index contributed by atoms with van der Waals surface area (Å²) in [7, 11) is -3.47. The van der Waals surface area contributed by atoms with E-state index in [1.54, 1.807) is 18.2 Å². The van der Waals surface area contributed by atoms with Gasteiger partial charge >= 0.3 is 0 Å². The molecule has 27 heavy (non-hydrogen) atoms. The topological polar surface area (TPSA) is 110 Å². The monoisotopic (exact) mass is 389 g/mol. The summed E-state index contributed by atoms with van der Waals surface area (Å²) in [5, 5.41) is 13.6. The highest BCUT2D eigenvalue weighted by Crippen LogP contribution is 2.21. The molecule has 1 N–H and O–H groups in total. The van der Waals surface area contributed by atoms with E-state index in [9.17, 15) is 23.3 Å². The highest BCUT2D eigenvalue weighted by Gasteiger charge is 2.27. The van der Waals surface area contributed by atoms with Crippen molar-refractivity contribution in [3.63, 3.8) is 0 Å². The summed E-state index contributed by atoms with van der Waals surface area (Å²) in [6.07, 6.45) is 1.74. The first-order valence-corrected chi connectivity index (χ1v) is 9.94. The summed E-state index contributed by atoms with van der Waals surface area (Å²) in [6, 6.07) is 12.0. The summed E-state index contributed by atoms with van der Waals surface area (Å²) in [5.74, 6) is -0.559. The number of carbonyl (C=O) groups is 1. The number of benzene rings is 2. The number of hydrogen-bond acceptors (Lipinski definition) is 5. The van der Waals surface area contributed by atoms with E-state index in [0.29, 0.717) is 18.7 Å². The largest absolute Gasteiger partial charge is 0.348 e. The lowest BCUT2D eigenvalue weighted by Crippen LogP contribution is -2.28. The third-order valence-corrected chi connectivity index (χ3v) is 6.34.